The Kier molecular flexibility index (Phi) is 3.66. The summed E-state index contributed by atoms with van der Waals surface area (Å²) in [6.45, 7) is 0. The third-order valence-corrected chi connectivity index (χ3v) is 2.96. The van der Waals surface area contributed by atoms with Crippen molar-refractivity contribution in [3.8, 4) is 6.07 Å². The minimum atomic E-state index is -0.331. The van der Waals surface area contributed by atoms with E-state index in [4.69, 9.17) is 9.68 Å². The number of furan rings is 1. The quantitative estimate of drug-likeness (QED) is 0.761. The smallest absolute Gasteiger partial charge is 0.274 e. The van der Waals surface area contributed by atoms with Gasteiger partial charge in [0.05, 0.1) is 24.3 Å². The first-order valence-corrected chi connectivity index (χ1v) is 6.50. The lowest BCUT2D eigenvalue weighted by Crippen LogP contribution is -2.18. The number of nitrogens with one attached hydrogen (secondary N) is 2. The van der Waals surface area contributed by atoms with Crippen LogP contribution in [0, 0.1) is 11.3 Å². The molecule has 0 unspecified atom stereocenters. The molecule has 7 heteroatoms. The predicted molar refractivity (Wildman–Crippen MR) is 78.6 cm³/mol. The van der Waals surface area contributed by atoms with Crippen LogP contribution in [0.2, 0.25) is 0 Å². The monoisotopic (exact) mass is 293 g/mol. The van der Waals surface area contributed by atoms with Gasteiger partial charge in [-0.15, -0.1) is 10.2 Å². The second-order valence-corrected chi connectivity index (χ2v) is 4.52. The Balaban J connectivity index is 1.76. The van der Waals surface area contributed by atoms with Crippen molar-refractivity contribution in [1.29, 1.82) is 5.26 Å². The maximum Gasteiger partial charge on any atom is 0.274 e. The van der Waals surface area contributed by atoms with Crippen LogP contribution in [0.5, 0.6) is 0 Å². The number of rotatable bonds is 4. The van der Waals surface area contributed by atoms with Gasteiger partial charge in [-0.25, -0.2) is 0 Å². The molecule has 3 aromatic rings. The SMILES string of the molecule is N#Cc1ccc(Nc2nnc(Cc3ccco3)c(=O)[nH]2)cc1. The van der Waals surface area contributed by atoms with E-state index >= 15 is 0 Å². The highest BCUT2D eigenvalue weighted by Gasteiger charge is 2.08. The number of nitrogens with zero attached hydrogens (tertiary/aromatic N) is 3. The van der Waals surface area contributed by atoms with Gasteiger partial charge in [0.15, 0.2) is 0 Å². The van der Waals surface area contributed by atoms with Crippen molar-refractivity contribution in [2.45, 2.75) is 6.42 Å². The second-order valence-electron chi connectivity index (χ2n) is 4.52. The lowest BCUT2D eigenvalue weighted by Gasteiger charge is -2.05. The molecule has 2 heterocycles. The Hall–Kier alpha value is -3.40. The van der Waals surface area contributed by atoms with Crippen molar-refractivity contribution >= 4 is 11.6 Å². The molecule has 0 radical (unpaired) electrons. The standard InChI is InChI=1S/C15H11N5O2/c16-9-10-3-5-11(6-4-10)17-15-18-14(21)13(19-20-15)8-12-2-1-7-22-12/h1-7H,8H2,(H2,17,18,20,21). The molecule has 0 fully saturated rings. The van der Waals surface area contributed by atoms with E-state index in [0.29, 0.717) is 17.0 Å². The zero-order valence-corrected chi connectivity index (χ0v) is 11.4. The first kappa shape index (κ1) is 13.6. The molecular weight excluding hydrogens is 282 g/mol. The summed E-state index contributed by atoms with van der Waals surface area (Å²) >= 11 is 0. The molecule has 0 aliphatic rings. The van der Waals surface area contributed by atoms with E-state index in [1.54, 1.807) is 36.4 Å². The van der Waals surface area contributed by atoms with Crippen LogP contribution in [0.3, 0.4) is 0 Å². The molecular formula is C15H11N5O2. The Morgan fingerprint density at radius 2 is 2.05 bits per heavy atom. The van der Waals surface area contributed by atoms with Crippen LogP contribution in [0.4, 0.5) is 11.6 Å². The predicted octanol–water partition coefficient (Wildman–Crippen LogP) is 1.96. The van der Waals surface area contributed by atoms with E-state index < -0.39 is 0 Å². The normalized spacial score (nSPS) is 10.1. The average molecular weight is 293 g/mol. The van der Waals surface area contributed by atoms with Crippen molar-refractivity contribution in [2.24, 2.45) is 0 Å². The van der Waals surface area contributed by atoms with Crippen LogP contribution in [-0.2, 0) is 6.42 Å². The molecule has 0 atom stereocenters. The van der Waals surface area contributed by atoms with Gasteiger partial charge in [-0.1, -0.05) is 0 Å². The summed E-state index contributed by atoms with van der Waals surface area (Å²) in [4.78, 5) is 14.6. The number of aromatic nitrogens is 3. The Morgan fingerprint density at radius 1 is 1.23 bits per heavy atom. The summed E-state index contributed by atoms with van der Waals surface area (Å²) in [6.07, 6.45) is 1.82. The summed E-state index contributed by atoms with van der Waals surface area (Å²) < 4.78 is 5.18. The Bertz CT molecular complexity index is 860. The minimum absolute atomic E-state index is 0.234. The molecule has 108 valence electrons. The largest absolute Gasteiger partial charge is 0.469 e. The highest BCUT2D eigenvalue weighted by atomic mass is 16.3. The molecule has 2 aromatic heterocycles. The van der Waals surface area contributed by atoms with E-state index in [9.17, 15) is 4.79 Å². The first-order chi connectivity index (χ1) is 10.7. The topological polar surface area (TPSA) is 108 Å². The number of H-pyrrole nitrogens is 1. The van der Waals surface area contributed by atoms with E-state index in [1.807, 2.05) is 6.07 Å². The number of hydrogen-bond acceptors (Lipinski definition) is 6. The van der Waals surface area contributed by atoms with Crippen molar-refractivity contribution in [3.63, 3.8) is 0 Å². The molecule has 0 amide bonds. The lowest BCUT2D eigenvalue weighted by molar-refractivity contribution is 0.517. The van der Waals surface area contributed by atoms with Crippen molar-refractivity contribution in [1.82, 2.24) is 15.2 Å². The van der Waals surface area contributed by atoms with Crippen LogP contribution in [0.25, 0.3) is 0 Å². The summed E-state index contributed by atoms with van der Waals surface area (Å²) in [5, 5.41) is 19.5. The van der Waals surface area contributed by atoms with Crippen LogP contribution in [-0.4, -0.2) is 15.2 Å². The summed E-state index contributed by atoms with van der Waals surface area (Å²) in [5.41, 5.74) is 1.20. The maximum absolute atomic E-state index is 12.0. The third kappa shape index (κ3) is 3.02. The Morgan fingerprint density at radius 3 is 2.68 bits per heavy atom. The molecule has 2 N–H and O–H groups in total. The molecule has 0 bridgehead atoms. The molecule has 1 aromatic carbocycles. The molecule has 22 heavy (non-hydrogen) atoms. The van der Waals surface area contributed by atoms with Gasteiger partial charge < -0.3 is 9.73 Å². The molecule has 0 saturated heterocycles. The van der Waals surface area contributed by atoms with Crippen molar-refractivity contribution in [3.05, 3.63) is 70.0 Å². The van der Waals surface area contributed by atoms with Gasteiger partial charge in [0.2, 0.25) is 5.95 Å². The van der Waals surface area contributed by atoms with E-state index in [2.05, 4.69) is 20.5 Å². The summed E-state index contributed by atoms with van der Waals surface area (Å²) in [5.74, 6) is 0.880. The number of hydrogen-bond donors (Lipinski definition) is 2. The number of aromatic amines is 1. The van der Waals surface area contributed by atoms with Gasteiger partial charge in [-0.3, -0.25) is 9.78 Å². The minimum Gasteiger partial charge on any atom is -0.469 e. The zero-order valence-electron chi connectivity index (χ0n) is 11.4. The van der Waals surface area contributed by atoms with Crippen LogP contribution < -0.4 is 10.9 Å². The van der Waals surface area contributed by atoms with E-state index in [0.717, 1.165) is 0 Å². The summed E-state index contributed by atoms with van der Waals surface area (Å²) in [7, 11) is 0. The molecule has 3 rings (SSSR count). The molecule has 0 aliphatic heterocycles. The number of benzene rings is 1. The van der Waals surface area contributed by atoms with E-state index in [-0.39, 0.29) is 23.6 Å². The van der Waals surface area contributed by atoms with Crippen molar-refractivity contribution in [2.75, 3.05) is 5.32 Å². The van der Waals surface area contributed by atoms with Gasteiger partial charge >= 0.3 is 0 Å². The van der Waals surface area contributed by atoms with Crippen LogP contribution >= 0.6 is 0 Å². The van der Waals surface area contributed by atoms with Gasteiger partial charge in [-0.2, -0.15) is 5.26 Å². The first-order valence-electron chi connectivity index (χ1n) is 6.50. The highest BCUT2D eigenvalue weighted by Crippen LogP contribution is 2.12. The Labute approximate surface area is 125 Å². The molecule has 0 aliphatic carbocycles. The average Bonchev–Trinajstić information content (AvgIpc) is 3.04. The summed E-state index contributed by atoms with van der Waals surface area (Å²) in [6, 6.07) is 12.3. The highest BCUT2D eigenvalue weighted by molar-refractivity contribution is 5.54. The lowest BCUT2D eigenvalue weighted by atomic mass is 10.2. The fraction of sp³-hybridized carbons (Fsp3) is 0.0667. The number of nitriles is 1. The third-order valence-electron chi connectivity index (χ3n) is 2.96. The fourth-order valence-electron chi connectivity index (χ4n) is 1.88. The molecule has 0 spiro atoms. The molecule has 0 saturated carbocycles. The van der Waals surface area contributed by atoms with Gasteiger partial charge in [0, 0.05) is 5.69 Å². The maximum atomic E-state index is 12.0. The second kappa shape index (κ2) is 5.93. The van der Waals surface area contributed by atoms with E-state index in [1.165, 1.54) is 6.26 Å². The fourth-order valence-corrected chi connectivity index (χ4v) is 1.88. The van der Waals surface area contributed by atoms with Gasteiger partial charge in [0.1, 0.15) is 11.5 Å². The molecule has 7 nitrogen and oxygen atoms in total. The van der Waals surface area contributed by atoms with Crippen LogP contribution in [0.1, 0.15) is 17.0 Å². The zero-order chi connectivity index (χ0) is 15.4. The van der Waals surface area contributed by atoms with Crippen LogP contribution in [0.15, 0.2) is 51.9 Å². The van der Waals surface area contributed by atoms with Gasteiger partial charge in [-0.05, 0) is 36.4 Å². The van der Waals surface area contributed by atoms with Crippen molar-refractivity contribution < 1.29 is 4.42 Å². The van der Waals surface area contributed by atoms with Gasteiger partial charge in [0.25, 0.3) is 5.56 Å². The number of anilines is 2.